The molecule has 0 spiro atoms. The van der Waals surface area contributed by atoms with Crippen LogP contribution in [0.5, 0.6) is 34.5 Å². The minimum atomic E-state index is -1.70. The quantitative estimate of drug-likeness (QED) is 0.137. The number of hydrogen-bond acceptors (Lipinski definition) is 14. The summed E-state index contributed by atoms with van der Waals surface area (Å²) in [4.78, 5) is 12.4. The molecule has 3 aliphatic rings. The summed E-state index contributed by atoms with van der Waals surface area (Å²) in [5.41, 5.74) is 1.48. The van der Waals surface area contributed by atoms with Crippen LogP contribution in [0.15, 0.2) is 54.6 Å². The molecule has 3 saturated heterocycles. The molecule has 0 saturated carbocycles. The van der Waals surface area contributed by atoms with Crippen molar-refractivity contribution in [1.82, 2.24) is 0 Å². The molecule has 6 rings (SSSR count). The van der Waals surface area contributed by atoms with Crippen molar-refractivity contribution in [3.8, 4) is 34.5 Å². The van der Waals surface area contributed by atoms with Crippen LogP contribution in [0.25, 0.3) is 0 Å². The molecule has 9 atom stereocenters. The Morgan fingerprint density at radius 3 is 2.02 bits per heavy atom. The average Bonchev–Trinajstić information content (AvgIpc) is 3.66. The fourth-order valence-corrected chi connectivity index (χ4v) is 6.09. The van der Waals surface area contributed by atoms with Gasteiger partial charge in [-0.3, -0.25) is 0 Å². The number of phenols is 4. The van der Waals surface area contributed by atoms with Crippen molar-refractivity contribution in [3.63, 3.8) is 0 Å². The van der Waals surface area contributed by atoms with Gasteiger partial charge in [0.15, 0.2) is 28.7 Å². The molecule has 0 unspecified atom stereocenters. The number of benzene rings is 3. The van der Waals surface area contributed by atoms with Gasteiger partial charge in [-0.1, -0.05) is 18.2 Å². The lowest BCUT2D eigenvalue weighted by molar-refractivity contribution is -0.277. The highest BCUT2D eigenvalue weighted by Crippen LogP contribution is 2.51. The summed E-state index contributed by atoms with van der Waals surface area (Å²) in [5, 5.41) is 70.1. The Bertz CT molecular complexity index is 1540. The summed E-state index contributed by atoms with van der Waals surface area (Å²) in [6, 6.07) is 13.8. The van der Waals surface area contributed by atoms with Crippen molar-refractivity contribution in [2.75, 3.05) is 26.9 Å². The Morgan fingerprint density at radius 2 is 1.39 bits per heavy atom. The maximum atomic E-state index is 12.4. The summed E-state index contributed by atoms with van der Waals surface area (Å²) >= 11 is 0. The third kappa shape index (κ3) is 5.98. The van der Waals surface area contributed by atoms with Gasteiger partial charge in [0.2, 0.25) is 6.29 Å². The average molecular weight is 643 g/mol. The Labute approximate surface area is 262 Å². The largest absolute Gasteiger partial charge is 0.504 e. The highest BCUT2D eigenvalue weighted by atomic mass is 16.7. The van der Waals surface area contributed by atoms with Crippen molar-refractivity contribution in [1.29, 1.82) is 0 Å². The highest BCUT2D eigenvalue weighted by Gasteiger charge is 2.48. The number of aromatic hydroxyl groups is 4. The third-order valence-corrected chi connectivity index (χ3v) is 8.61. The van der Waals surface area contributed by atoms with E-state index in [0.29, 0.717) is 19.0 Å². The Kier molecular flexibility index (Phi) is 8.83. The van der Waals surface area contributed by atoms with Gasteiger partial charge in [-0.2, -0.15) is 0 Å². The van der Waals surface area contributed by atoms with Gasteiger partial charge in [-0.15, -0.1) is 0 Å². The van der Waals surface area contributed by atoms with E-state index in [1.54, 1.807) is 24.3 Å². The number of esters is 1. The normalized spacial score (nSPS) is 30.5. The van der Waals surface area contributed by atoms with Gasteiger partial charge in [0, 0.05) is 11.8 Å². The first kappa shape index (κ1) is 31.7. The van der Waals surface area contributed by atoms with Crippen LogP contribution in [0.1, 0.15) is 33.7 Å². The van der Waals surface area contributed by atoms with E-state index in [2.05, 4.69) is 0 Å². The van der Waals surface area contributed by atoms with Gasteiger partial charge >= 0.3 is 5.97 Å². The highest BCUT2D eigenvalue weighted by molar-refractivity contribution is 5.91. The number of aliphatic hydroxyl groups is 3. The summed E-state index contributed by atoms with van der Waals surface area (Å²) < 4.78 is 34.1. The van der Waals surface area contributed by atoms with E-state index < -0.39 is 60.5 Å². The van der Waals surface area contributed by atoms with Crippen molar-refractivity contribution in [2.24, 2.45) is 11.8 Å². The second-order valence-corrected chi connectivity index (χ2v) is 11.4. The van der Waals surface area contributed by atoms with Crippen LogP contribution in [0, 0.1) is 11.8 Å². The molecule has 14 heteroatoms. The molecule has 0 radical (unpaired) electrons. The van der Waals surface area contributed by atoms with Crippen LogP contribution in [0.4, 0.5) is 0 Å². The van der Waals surface area contributed by atoms with Gasteiger partial charge in [0.05, 0.1) is 38.1 Å². The SMILES string of the molecule is COc1cc([C@H]2OC[C@H]3[C@@H]2CO[C@@H]3c2ccc(O[C@@H]3O[C@H](COC(=O)c4cc(O)c(O)c(O)c4)[C@@H](O)[C@H](O)[C@H]3O)cc2)ccc1O. The molecule has 246 valence electrons. The predicted molar refractivity (Wildman–Crippen MR) is 154 cm³/mol. The Balaban J connectivity index is 1.08. The zero-order chi connectivity index (χ0) is 32.7. The topological polar surface area (TPSA) is 214 Å². The van der Waals surface area contributed by atoms with Crippen molar-refractivity contribution >= 4 is 5.97 Å². The Hall–Kier alpha value is -4.31. The predicted octanol–water partition coefficient (Wildman–Crippen LogP) is 1.64. The van der Waals surface area contributed by atoms with E-state index >= 15 is 0 Å². The molecule has 3 heterocycles. The Morgan fingerprint density at radius 1 is 0.783 bits per heavy atom. The van der Waals surface area contributed by atoms with Crippen molar-refractivity contribution in [2.45, 2.75) is 42.9 Å². The first-order chi connectivity index (χ1) is 22.0. The van der Waals surface area contributed by atoms with E-state index in [9.17, 15) is 40.5 Å². The van der Waals surface area contributed by atoms with Gasteiger partial charge in [0.1, 0.15) is 36.8 Å². The van der Waals surface area contributed by atoms with Crippen LogP contribution in [0.3, 0.4) is 0 Å². The second kappa shape index (κ2) is 12.8. The lowest BCUT2D eigenvalue weighted by Crippen LogP contribution is -2.60. The third-order valence-electron chi connectivity index (χ3n) is 8.61. The van der Waals surface area contributed by atoms with E-state index in [0.717, 1.165) is 23.3 Å². The van der Waals surface area contributed by atoms with Crippen LogP contribution in [-0.2, 0) is 18.9 Å². The maximum absolute atomic E-state index is 12.4. The molecule has 0 amide bonds. The molecule has 3 aromatic carbocycles. The van der Waals surface area contributed by atoms with E-state index in [4.69, 9.17) is 28.4 Å². The van der Waals surface area contributed by atoms with Crippen molar-refractivity contribution in [3.05, 3.63) is 71.3 Å². The van der Waals surface area contributed by atoms with Gasteiger partial charge < -0.3 is 64.2 Å². The van der Waals surface area contributed by atoms with Crippen LogP contribution in [0.2, 0.25) is 0 Å². The zero-order valence-electron chi connectivity index (χ0n) is 24.5. The molecule has 0 aliphatic carbocycles. The number of aliphatic hydroxyl groups excluding tert-OH is 3. The van der Waals surface area contributed by atoms with E-state index in [-0.39, 0.29) is 41.1 Å². The minimum Gasteiger partial charge on any atom is -0.504 e. The molecule has 46 heavy (non-hydrogen) atoms. The molecule has 0 aromatic heterocycles. The molecule has 0 bridgehead atoms. The number of carbonyl (C=O) groups excluding carboxylic acids is 1. The van der Waals surface area contributed by atoms with E-state index in [1.807, 2.05) is 18.2 Å². The van der Waals surface area contributed by atoms with Crippen LogP contribution >= 0.6 is 0 Å². The molecule has 3 aromatic rings. The number of hydrogen-bond donors (Lipinski definition) is 7. The number of methoxy groups -OCH3 is 1. The van der Waals surface area contributed by atoms with E-state index in [1.165, 1.54) is 7.11 Å². The summed E-state index contributed by atoms with van der Waals surface area (Å²) in [7, 11) is 1.49. The smallest absolute Gasteiger partial charge is 0.338 e. The number of carbonyl (C=O) groups is 1. The number of ether oxygens (including phenoxy) is 6. The van der Waals surface area contributed by atoms with Crippen molar-refractivity contribution < 1.29 is 69.0 Å². The fourth-order valence-electron chi connectivity index (χ4n) is 6.09. The van der Waals surface area contributed by atoms with Gasteiger partial charge in [-0.25, -0.2) is 4.79 Å². The minimum absolute atomic E-state index is 0.0499. The summed E-state index contributed by atoms with van der Waals surface area (Å²) in [6.45, 7) is 0.377. The first-order valence-electron chi connectivity index (χ1n) is 14.5. The molecular formula is C32H34O14. The number of phenolic OH excluding ortho intramolecular Hbond substituents is 4. The molecular weight excluding hydrogens is 608 g/mol. The monoisotopic (exact) mass is 642 g/mol. The van der Waals surface area contributed by atoms with Gasteiger partial charge in [0.25, 0.3) is 0 Å². The van der Waals surface area contributed by atoms with Crippen LogP contribution in [-0.4, -0.2) is 99.4 Å². The maximum Gasteiger partial charge on any atom is 0.338 e. The van der Waals surface area contributed by atoms with Crippen LogP contribution < -0.4 is 9.47 Å². The second-order valence-electron chi connectivity index (χ2n) is 11.4. The first-order valence-corrected chi connectivity index (χ1v) is 14.5. The number of rotatable bonds is 8. The van der Waals surface area contributed by atoms with Gasteiger partial charge in [-0.05, 0) is 47.5 Å². The fraction of sp³-hybridized carbons (Fsp3) is 0.406. The lowest BCUT2D eigenvalue weighted by Gasteiger charge is -2.39. The summed E-state index contributed by atoms with van der Waals surface area (Å²) in [6.07, 6.45) is -8.18. The molecule has 3 fully saturated rings. The summed E-state index contributed by atoms with van der Waals surface area (Å²) in [5.74, 6) is -2.44. The number of fused-ring (bicyclic) bond motifs is 1. The molecule has 3 aliphatic heterocycles. The lowest BCUT2D eigenvalue weighted by atomic mass is 9.85. The molecule has 7 N–H and O–H groups in total. The zero-order valence-corrected chi connectivity index (χ0v) is 24.5. The molecule has 14 nitrogen and oxygen atoms in total. The standard InChI is InChI=1S/C32H34O14/c1-41-23-10-15(4-7-20(23)33)30-19-12-42-29(18(19)11-43-30)14-2-5-17(6-3-14)45-32-28(39)27(38)26(37)24(46-32)13-44-31(40)16-8-21(34)25(36)22(35)9-16/h2-10,18-19,24,26-30,32-39H,11-13H2,1H3/t18-,19-,24+,26+,27-,28+,29+,30+,32+/m0/s1.